The van der Waals surface area contributed by atoms with Crippen molar-refractivity contribution in [1.82, 2.24) is 4.90 Å². The second-order valence-corrected chi connectivity index (χ2v) is 5.23. The maximum absolute atomic E-state index is 12.6. The van der Waals surface area contributed by atoms with E-state index in [1.54, 1.807) is 23.1 Å². The normalized spacial score (nSPS) is 17.0. The maximum atomic E-state index is 12.6. The van der Waals surface area contributed by atoms with Crippen LogP contribution in [0.1, 0.15) is 27.2 Å². The summed E-state index contributed by atoms with van der Waals surface area (Å²) in [5, 5.41) is 0. The highest BCUT2D eigenvalue weighted by molar-refractivity contribution is 6.04. The minimum absolute atomic E-state index is 0.0107. The average molecular weight is 305 g/mol. The predicted octanol–water partition coefficient (Wildman–Crippen LogP) is 1.64. The molecule has 22 heavy (non-hydrogen) atoms. The first-order chi connectivity index (χ1) is 10.5. The zero-order chi connectivity index (χ0) is 16.3. The molecule has 120 valence electrons. The number of nitrogens with two attached hydrogens (primary N) is 1. The number of anilines is 2. The Balaban J connectivity index is 2.33. The minimum atomic E-state index is -0.555. The van der Waals surface area contributed by atoms with Crippen molar-refractivity contribution >= 4 is 23.2 Å². The molecule has 0 aromatic heterocycles. The zero-order valence-corrected chi connectivity index (χ0v) is 13.3. The molecule has 0 radical (unpaired) electrons. The van der Waals surface area contributed by atoms with Gasteiger partial charge in [0, 0.05) is 18.8 Å². The monoisotopic (exact) mass is 305 g/mol. The molecule has 2 rings (SSSR count). The van der Waals surface area contributed by atoms with E-state index >= 15 is 0 Å². The number of ether oxygens (including phenoxy) is 1. The summed E-state index contributed by atoms with van der Waals surface area (Å²) in [5.74, 6) is 0.317. The number of nitrogen functional groups attached to an aromatic ring is 1. The Morgan fingerprint density at radius 2 is 2.00 bits per heavy atom. The van der Waals surface area contributed by atoms with E-state index in [2.05, 4.69) is 0 Å². The SMILES string of the molecule is CCC1Oc2ccc(N)cc2N(CC(=O)N(CC)CC)C1=O. The van der Waals surface area contributed by atoms with E-state index in [9.17, 15) is 9.59 Å². The minimum Gasteiger partial charge on any atom is -0.478 e. The first-order valence-electron chi connectivity index (χ1n) is 7.67. The number of benzene rings is 1. The second-order valence-electron chi connectivity index (χ2n) is 5.23. The van der Waals surface area contributed by atoms with E-state index in [-0.39, 0.29) is 18.4 Å². The lowest BCUT2D eigenvalue weighted by Crippen LogP contribution is -2.50. The van der Waals surface area contributed by atoms with Crippen LogP contribution >= 0.6 is 0 Å². The summed E-state index contributed by atoms with van der Waals surface area (Å²) >= 11 is 0. The maximum Gasteiger partial charge on any atom is 0.268 e. The van der Waals surface area contributed by atoms with Crippen molar-refractivity contribution < 1.29 is 14.3 Å². The van der Waals surface area contributed by atoms with Crippen molar-refractivity contribution in [1.29, 1.82) is 0 Å². The fourth-order valence-corrected chi connectivity index (χ4v) is 2.57. The van der Waals surface area contributed by atoms with Gasteiger partial charge >= 0.3 is 0 Å². The van der Waals surface area contributed by atoms with Crippen molar-refractivity contribution in [3.05, 3.63) is 18.2 Å². The van der Waals surface area contributed by atoms with E-state index in [4.69, 9.17) is 10.5 Å². The molecule has 0 aliphatic carbocycles. The molecule has 1 aromatic rings. The van der Waals surface area contributed by atoms with Crippen LogP contribution in [0.4, 0.5) is 11.4 Å². The number of rotatable bonds is 5. The van der Waals surface area contributed by atoms with Gasteiger partial charge in [-0.3, -0.25) is 14.5 Å². The summed E-state index contributed by atoms with van der Waals surface area (Å²) in [6, 6.07) is 5.15. The molecule has 2 amide bonds. The Hall–Kier alpha value is -2.24. The number of amides is 2. The van der Waals surface area contributed by atoms with Crippen molar-refractivity contribution in [2.75, 3.05) is 30.3 Å². The third-order valence-electron chi connectivity index (χ3n) is 3.86. The van der Waals surface area contributed by atoms with Crippen LogP contribution in [-0.4, -0.2) is 42.5 Å². The highest BCUT2D eigenvalue weighted by atomic mass is 16.5. The summed E-state index contributed by atoms with van der Waals surface area (Å²) < 4.78 is 5.70. The van der Waals surface area contributed by atoms with Gasteiger partial charge in [0.15, 0.2) is 6.10 Å². The molecule has 0 fully saturated rings. The van der Waals surface area contributed by atoms with E-state index < -0.39 is 6.10 Å². The van der Waals surface area contributed by atoms with Crippen LogP contribution in [0.5, 0.6) is 5.75 Å². The predicted molar refractivity (Wildman–Crippen MR) is 85.8 cm³/mol. The van der Waals surface area contributed by atoms with E-state index in [1.165, 1.54) is 4.90 Å². The lowest BCUT2D eigenvalue weighted by molar-refractivity contribution is -0.133. The number of hydrogen-bond acceptors (Lipinski definition) is 4. The van der Waals surface area contributed by atoms with Crippen molar-refractivity contribution in [3.8, 4) is 5.75 Å². The second kappa shape index (κ2) is 6.68. The van der Waals surface area contributed by atoms with Crippen LogP contribution < -0.4 is 15.4 Å². The molecule has 6 nitrogen and oxygen atoms in total. The quantitative estimate of drug-likeness (QED) is 0.839. The Bertz CT molecular complexity index is 570. The number of fused-ring (bicyclic) bond motifs is 1. The highest BCUT2D eigenvalue weighted by Crippen LogP contribution is 2.36. The summed E-state index contributed by atoms with van der Waals surface area (Å²) in [5.41, 5.74) is 6.91. The van der Waals surface area contributed by atoms with Gasteiger partial charge in [-0.1, -0.05) is 6.92 Å². The Morgan fingerprint density at radius 1 is 1.32 bits per heavy atom. The van der Waals surface area contributed by atoms with Gasteiger partial charge in [-0.15, -0.1) is 0 Å². The van der Waals surface area contributed by atoms with Crippen LogP contribution in [0.15, 0.2) is 18.2 Å². The fourth-order valence-electron chi connectivity index (χ4n) is 2.57. The Kier molecular flexibility index (Phi) is 4.90. The topological polar surface area (TPSA) is 75.9 Å². The van der Waals surface area contributed by atoms with E-state index in [0.29, 0.717) is 36.6 Å². The van der Waals surface area contributed by atoms with Gasteiger partial charge in [-0.05, 0) is 38.5 Å². The first-order valence-corrected chi connectivity index (χ1v) is 7.67. The standard InChI is InChI=1S/C16H23N3O3/c1-4-13-16(21)19(10-15(20)18(5-2)6-3)12-9-11(17)7-8-14(12)22-13/h7-9,13H,4-6,10,17H2,1-3H3. The van der Waals surface area contributed by atoms with Crippen LogP contribution in [0.2, 0.25) is 0 Å². The number of nitrogens with zero attached hydrogens (tertiary/aromatic N) is 2. The van der Waals surface area contributed by atoms with Crippen molar-refractivity contribution in [2.24, 2.45) is 0 Å². The summed E-state index contributed by atoms with van der Waals surface area (Å²) in [6.45, 7) is 6.97. The molecular weight excluding hydrogens is 282 g/mol. The van der Waals surface area contributed by atoms with Crippen LogP contribution in [0.25, 0.3) is 0 Å². The number of likely N-dealkylation sites (N-methyl/N-ethyl adjacent to an activating group) is 1. The van der Waals surface area contributed by atoms with Crippen LogP contribution in [0.3, 0.4) is 0 Å². The molecule has 6 heteroatoms. The Labute approximate surface area is 130 Å². The van der Waals surface area contributed by atoms with Gasteiger partial charge in [0.05, 0.1) is 5.69 Å². The van der Waals surface area contributed by atoms with Crippen molar-refractivity contribution in [2.45, 2.75) is 33.3 Å². The third-order valence-corrected chi connectivity index (χ3v) is 3.86. The molecule has 1 heterocycles. The molecule has 0 bridgehead atoms. The number of carbonyl (C=O) groups excluding carboxylic acids is 2. The smallest absolute Gasteiger partial charge is 0.268 e. The Morgan fingerprint density at radius 3 is 2.59 bits per heavy atom. The molecule has 1 aliphatic rings. The van der Waals surface area contributed by atoms with Crippen LogP contribution in [-0.2, 0) is 9.59 Å². The lowest BCUT2D eigenvalue weighted by Gasteiger charge is -2.34. The fraction of sp³-hybridized carbons (Fsp3) is 0.500. The molecule has 0 spiro atoms. The number of carbonyl (C=O) groups is 2. The molecule has 1 unspecified atom stereocenters. The largest absolute Gasteiger partial charge is 0.478 e. The molecule has 0 saturated heterocycles. The van der Waals surface area contributed by atoms with Gasteiger partial charge in [0.1, 0.15) is 12.3 Å². The summed E-state index contributed by atoms with van der Waals surface area (Å²) in [7, 11) is 0. The van der Waals surface area contributed by atoms with Gasteiger partial charge in [-0.2, -0.15) is 0 Å². The first kappa shape index (κ1) is 16.1. The molecular formula is C16H23N3O3. The van der Waals surface area contributed by atoms with Gasteiger partial charge in [-0.25, -0.2) is 0 Å². The molecule has 1 atom stereocenters. The van der Waals surface area contributed by atoms with Gasteiger partial charge in [0.25, 0.3) is 5.91 Å². The lowest BCUT2D eigenvalue weighted by atomic mass is 10.1. The van der Waals surface area contributed by atoms with E-state index in [1.807, 2.05) is 20.8 Å². The molecule has 1 aliphatic heterocycles. The summed E-state index contributed by atoms with van der Waals surface area (Å²) in [6.07, 6.45) is -0.000798. The average Bonchev–Trinajstić information content (AvgIpc) is 2.51. The molecule has 0 saturated carbocycles. The van der Waals surface area contributed by atoms with Crippen LogP contribution in [0, 0.1) is 0 Å². The summed E-state index contributed by atoms with van der Waals surface area (Å²) in [4.78, 5) is 28.1. The number of hydrogen-bond donors (Lipinski definition) is 1. The third kappa shape index (κ3) is 3.00. The van der Waals surface area contributed by atoms with Gasteiger partial charge < -0.3 is 15.4 Å². The molecule has 1 aromatic carbocycles. The van der Waals surface area contributed by atoms with Crippen molar-refractivity contribution in [3.63, 3.8) is 0 Å². The highest BCUT2D eigenvalue weighted by Gasteiger charge is 2.35. The van der Waals surface area contributed by atoms with Gasteiger partial charge in [0.2, 0.25) is 5.91 Å². The molecule has 2 N–H and O–H groups in total. The zero-order valence-electron chi connectivity index (χ0n) is 13.3. The van der Waals surface area contributed by atoms with E-state index in [0.717, 1.165) is 0 Å².